The number of pyridine rings is 1. The van der Waals surface area contributed by atoms with Crippen LogP contribution in [0.25, 0.3) is 21.9 Å². The number of urea groups is 1. The number of hydrogen-bond acceptors (Lipinski definition) is 15. The third kappa shape index (κ3) is 13.6. The van der Waals surface area contributed by atoms with Gasteiger partial charge in [-0.15, -0.1) is 16.1 Å². The molecule has 0 saturated carbocycles. The van der Waals surface area contributed by atoms with Crippen LogP contribution in [0.4, 0.5) is 16.2 Å². The molecule has 6 aromatic rings. The number of β-amino-alcohol motifs (C(OH)–C–C–N with tert-alkyl or cyclic N) is 1. The first kappa shape index (κ1) is 52.2. The second kappa shape index (κ2) is 24.0. The summed E-state index contributed by atoms with van der Waals surface area (Å²) in [6.07, 6.45) is 6.73. The Bertz CT molecular complexity index is 2760. The van der Waals surface area contributed by atoms with Crippen LogP contribution in [0.5, 0.6) is 5.88 Å². The number of methoxy groups -OCH3 is 1. The summed E-state index contributed by atoms with van der Waals surface area (Å²) in [5.74, 6) is -0.457. The van der Waals surface area contributed by atoms with Crippen LogP contribution in [0.15, 0.2) is 66.6 Å². The largest absolute Gasteiger partial charge is 0.475 e. The molecule has 1 aromatic carbocycles. The SMILES string of the molecule is CO[C@@H](C)c1c(NC(=O)Nc2ccc(-n3nccn3)nc2OCCNCCCCCCC(=O)N[C@H](C(=O)N2C[C@H](O)C[C@H]2C(=O)NCc2ccc(-c3scnc3C)cc2)C(C)(C)C)cnc2cc(Cl)nn12. The molecule has 5 aromatic heterocycles. The van der Waals surface area contributed by atoms with Gasteiger partial charge in [0.25, 0.3) is 0 Å². The Morgan fingerprint density at radius 2 is 1.72 bits per heavy atom. The number of hydrogen-bond donors (Lipinski definition) is 6. The van der Waals surface area contributed by atoms with Gasteiger partial charge in [-0.05, 0) is 61.9 Å². The van der Waals surface area contributed by atoms with Crippen molar-refractivity contribution >= 4 is 63.7 Å². The van der Waals surface area contributed by atoms with Crippen LogP contribution in [0.1, 0.15) is 89.3 Å². The normalized spacial score (nSPS) is 15.6. The van der Waals surface area contributed by atoms with Crippen molar-refractivity contribution in [1.82, 2.24) is 60.4 Å². The number of aliphatic hydroxyl groups excluding tert-OH is 1. The summed E-state index contributed by atoms with van der Waals surface area (Å²) >= 11 is 7.71. The van der Waals surface area contributed by atoms with Crippen molar-refractivity contribution in [3.05, 3.63) is 88.7 Å². The van der Waals surface area contributed by atoms with Gasteiger partial charge in [0.2, 0.25) is 23.6 Å². The van der Waals surface area contributed by atoms with E-state index in [1.54, 1.807) is 36.6 Å². The minimum atomic E-state index is -0.895. The first-order valence-electron chi connectivity index (χ1n) is 23.5. The molecule has 1 saturated heterocycles. The van der Waals surface area contributed by atoms with Crippen molar-refractivity contribution < 1.29 is 33.8 Å². The van der Waals surface area contributed by atoms with Crippen molar-refractivity contribution in [3.63, 3.8) is 0 Å². The number of nitrogens with one attached hydrogen (secondary N) is 5. The van der Waals surface area contributed by atoms with Gasteiger partial charge in [-0.2, -0.15) is 20.3 Å². The van der Waals surface area contributed by atoms with Crippen LogP contribution in [-0.4, -0.2) is 125 Å². The maximum absolute atomic E-state index is 14.1. The fourth-order valence-electron chi connectivity index (χ4n) is 8.13. The second-order valence-corrected chi connectivity index (χ2v) is 19.5. The summed E-state index contributed by atoms with van der Waals surface area (Å²) < 4.78 is 13.1. The summed E-state index contributed by atoms with van der Waals surface area (Å²) in [5, 5.41) is 38.3. The van der Waals surface area contributed by atoms with Crippen molar-refractivity contribution in [1.29, 1.82) is 0 Å². The van der Waals surface area contributed by atoms with E-state index in [1.165, 1.54) is 32.8 Å². The number of benzene rings is 1. The Morgan fingerprint density at radius 3 is 2.44 bits per heavy atom. The summed E-state index contributed by atoms with van der Waals surface area (Å²) in [5.41, 5.74) is 5.77. The number of halogens is 1. The lowest BCUT2D eigenvalue weighted by atomic mass is 9.85. The van der Waals surface area contributed by atoms with Crippen LogP contribution in [0, 0.1) is 12.3 Å². The number of aryl methyl sites for hydroxylation is 1. The van der Waals surface area contributed by atoms with Crippen LogP contribution in [0.2, 0.25) is 5.15 Å². The number of carbonyl (C=O) groups excluding carboxylic acids is 4. The lowest BCUT2D eigenvalue weighted by Crippen LogP contribution is -2.57. The van der Waals surface area contributed by atoms with E-state index in [0.29, 0.717) is 48.0 Å². The smallest absolute Gasteiger partial charge is 0.323 e. The highest BCUT2D eigenvalue weighted by Gasteiger charge is 2.44. The van der Waals surface area contributed by atoms with E-state index in [0.717, 1.165) is 41.0 Å². The Hall–Kier alpha value is -6.59. The van der Waals surface area contributed by atoms with Gasteiger partial charge in [0.15, 0.2) is 16.6 Å². The molecule has 21 nitrogen and oxygen atoms in total. The van der Waals surface area contributed by atoms with Gasteiger partial charge >= 0.3 is 6.03 Å². The number of nitrogens with zero attached hydrogens (tertiary/aromatic N) is 9. The first-order chi connectivity index (χ1) is 34.1. The number of likely N-dealkylation sites (tertiary alicyclic amines) is 1. The molecule has 0 spiro atoms. The van der Waals surface area contributed by atoms with E-state index < -0.39 is 41.6 Å². The molecule has 1 aliphatic heterocycles. The van der Waals surface area contributed by atoms with Crippen molar-refractivity contribution in [2.45, 2.75) is 104 Å². The van der Waals surface area contributed by atoms with E-state index in [9.17, 15) is 24.3 Å². The van der Waals surface area contributed by atoms with Crippen LogP contribution in [-0.2, 0) is 25.7 Å². The molecule has 1 fully saturated rings. The number of aliphatic hydroxyl groups is 1. The maximum atomic E-state index is 14.1. The van der Waals surface area contributed by atoms with Crippen molar-refractivity contribution in [2.75, 3.05) is 44.0 Å². The molecule has 378 valence electrons. The van der Waals surface area contributed by atoms with Crippen LogP contribution < -0.4 is 31.3 Å². The highest BCUT2D eigenvalue weighted by atomic mass is 35.5. The highest BCUT2D eigenvalue weighted by Crippen LogP contribution is 2.30. The standard InChI is InChI=1S/C48H61ClN14O7S/c1-29-42(71-28-53-29)32-14-12-31(13-15-32)25-52-44(66)36-23-33(64)27-61(36)46(67)43(48(3,4)5)59-40(65)11-9-7-8-10-18-50-21-22-70-45-34(16-17-38(58-45)63-54-19-20-55-63)56-47(68)57-35-26-51-39-24-37(49)60-62(39)41(35)30(2)69-6/h12-17,19-20,24,26,28,30,33,36,43,50,64H,7-11,18,21-23,25,27H2,1-6H3,(H,52,66)(H,59,65)(H2,56,57,68)/t30-,33+,36-,43+/m0/s1. The molecule has 0 aliphatic carbocycles. The van der Waals surface area contributed by atoms with E-state index in [-0.39, 0.29) is 55.4 Å². The number of thiazole rings is 1. The predicted octanol–water partition coefficient (Wildman–Crippen LogP) is 5.87. The van der Waals surface area contributed by atoms with Gasteiger partial charge in [-0.25, -0.2) is 19.3 Å². The number of fused-ring (bicyclic) bond motifs is 1. The number of unbranched alkanes of at least 4 members (excludes halogenated alkanes) is 3. The molecule has 0 radical (unpaired) electrons. The summed E-state index contributed by atoms with van der Waals surface area (Å²) in [4.78, 5) is 71.2. The van der Waals surface area contributed by atoms with Gasteiger partial charge < -0.3 is 46.1 Å². The molecule has 4 atom stereocenters. The number of ether oxygens (including phenoxy) is 2. The zero-order valence-electron chi connectivity index (χ0n) is 40.6. The molecular weight excluding hydrogens is 952 g/mol. The number of carbonyl (C=O) groups is 4. The Morgan fingerprint density at radius 1 is 0.972 bits per heavy atom. The first-order valence-corrected chi connectivity index (χ1v) is 24.8. The average Bonchev–Trinajstić information content (AvgIpc) is 4.18. The van der Waals surface area contributed by atoms with E-state index in [1.807, 2.05) is 64.4 Å². The molecule has 7 rings (SSSR count). The van der Waals surface area contributed by atoms with Gasteiger partial charge in [-0.3, -0.25) is 14.4 Å². The van der Waals surface area contributed by atoms with Gasteiger partial charge in [0.1, 0.15) is 24.4 Å². The summed E-state index contributed by atoms with van der Waals surface area (Å²) in [6.45, 7) is 11.1. The molecular formula is C48H61ClN14O7S. The molecule has 6 heterocycles. The zero-order valence-corrected chi connectivity index (χ0v) is 42.2. The molecule has 0 bridgehead atoms. The van der Waals surface area contributed by atoms with Crippen LogP contribution >= 0.6 is 22.9 Å². The molecule has 5 amide bonds. The topological polar surface area (TPSA) is 257 Å². The summed E-state index contributed by atoms with van der Waals surface area (Å²) in [6, 6.07) is 10.4. The zero-order chi connectivity index (χ0) is 50.7. The molecule has 0 unspecified atom stereocenters. The van der Waals surface area contributed by atoms with Gasteiger partial charge in [-0.1, -0.05) is 69.5 Å². The third-order valence-electron chi connectivity index (χ3n) is 11.9. The predicted molar refractivity (Wildman–Crippen MR) is 268 cm³/mol. The van der Waals surface area contributed by atoms with Gasteiger partial charge in [0, 0.05) is 45.7 Å². The van der Waals surface area contributed by atoms with Crippen LogP contribution in [0.3, 0.4) is 0 Å². The Kier molecular flexibility index (Phi) is 17.7. The minimum Gasteiger partial charge on any atom is -0.475 e. The second-order valence-electron chi connectivity index (χ2n) is 18.3. The molecule has 23 heteroatoms. The molecule has 1 aliphatic rings. The fourth-order valence-corrected chi connectivity index (χ4v) is 9.11. The van der Waals surface area contributed by atoms with E-state index >= 15 is 0 Å². The molecule has 6 N–H and O–H groups in total. The van der Waals surface area contributed by atoms with E-state index in [2.05, 4.69) is 56.8 Å². The lowest BCUT2D eigenvalue weighted by Gasteiger charge is -2.35. The lowest BCUT2D eigenvalue weighted by molar-refractivity contribution is -0.144. The number of aromatic nitrogens is 8. The maximum Gasteiger partial charge on any atom is 0.323 e. The Balaban J connectivity index is 0.831. The van der Waals surface area contributed by atoms with Crippen molar-refractivity contribution in [3.8, 4) is 22.1 Å². The highest BCUT2D eigenvalue weighted by molar-refractivity contribution is 7.13. The monoisotopic (exact) mass is 1010 g/mol. The minimum absolute atomic E-state index is 0.00434. The van der Waals surface area contributed by atoms with Crippen molar-refractivity contribution in [2.24, 2.45) is 5.41 Å². The summed E-state index contributed by atoms with van der Waals surface area (Å²) in [7, 11) is 1.55. The molecule has 71 heavy (non-hydrogen) atoms. The number of anilines is 2. The van der Waals surface area contributed by atoms with E-state index in [4.69, 9.17) is 21.1 Å². The quantitative estimate of drug-likeness (QED) is 0.0435. The number of rotatable bonds is 22. The third-order valence-corrected chi connectivity index (χ3v) is 13.1. The Labute approximate surface area is 420 Å². The number of amides is 5. The van der Waals surface area contributed by atoms with Gasteiger partial charge in [0.05, 0.1) is 58.3 Å². The average molecular weight is 1010 g/mol. The fraction of sp³-hybridized carbons (Fsp3) is 0.458.